The Kier molecular flexibility index (Phi) is 8.59. The molecule has 0 heterocycles. The molecule has 0 aliphatic rings. The molecule has 0 nitrogen and oxygen atoms in total. The number of halogens is 1. The minimum atomic E-state index is 0.755. The Morgan fingerprint density at radius 3 is 2.60 bits per heavy atom. The number of thioether (sulfide) groups is 1. The first-order valence-corrected chi connectivity index (χ1v) is 6.10. The summed E-state index contributed by atoms with van der Waals surface area (Å²) in [5.41, 5.74) is 0. The van der Waals surface area contributed by atoms with Crippen molar-refractivity contribution < 1.29 is 0 Å². The lowest BCUT2D eigenvalue weighted by molar-refractivity contribution is 0.734. The van der Waals surface area contributed by atoms with Gasteiger partial charge in [0.15, 0.2) is 0 Å². The predicted octanol–water partition coefficient (Wildman–Crippen LogP) is 3.69. The maximum Gasteiger partial charge on any atom is 0.0143 e. The third kappa shape index (κ3) is 6.94. The summed E-state index contributed by atoms with van der Waals surface area (Å²) >= 11 is 5.66. The fourth-order valence-corrected chi connectivity index (χ4v) is 1.74. The van der Waals surface area contributed by atoms with E-state index in [1.165, 1.54) is 30.8 Å². The number of hydrogen-bond acceptors (Lipinski definition) is 1. The van der Waals surface area contributed by atoms with Gasteiger partial charge in [-0.15, -0.1) is 0 Å². The highest BCUT2D eigenvalue weighted by Gasteiger charge is 1.98. The van der Waals surface area contributed by atoms with E-state index < -0.39 is 0 Å². The second-order valence-electron chi connectivity index (χ2n) is 2.34. The predicted molar refractivity (Wildman–Crippen MR) is 55.2 cm³/mol. The van der Waals surface area contributed by atoms with Crippen LogP contribution in [-0.2, 0) is 0 Å². The van der Waals surface area contributed by atoms with Gasteiger partial charge < -0.3 is 0 Å². The van der Waals surface area contributed by atoms with Crippen LogP contribution in [0.15, 0.2) is 0 Å². The molecule has 0 spiro atoms. The molecule has 0 aromatic carbocycles. The molecule has 10 heavy (non-hydrogen) atoms. The van der Waals surface area contributed by atoms with Gasteiger partial charge in [0.05, 0.1) is 0 Å². The smallest absolute Gasteiger partial charge is 0.0143 e. The van der Waals surface area contributed by atoms with Crippen LogP contribution in [-0.4, -0.2) is 16.3 Å². The van der Waals surface area contributed by atoms with Gasteiger partial charge in [-0.3, -0.25) is 0 Å². The van der Waals surface area contributed by atoms with Gasteiger partial charge >= 0.3 is 0 Å². The molecule has 0 radical (unpaired) electrons. The van der Waals surface area contributed by atoms with Crippen LogP contribution >= 0.6 is 27.7 Å². The fraction of sp³-hybridized carbons (Fsp3) is 1.00. The second-order valence-corrected chi connectivity index (χ2v) is 5.03. The Labute approximate surface area is 77.3 Å². The van der Waals surface area contributed by atoms with Crippen molar-refractivity contribution in [1.82, 2.24) is 0 Å². The average Bonchev–Trinajstić information content (AvgIpc) is 1.98. The lowest BCUT2D eigenvalue weighted by Crippen LogP contribution is -1.95. The van der Waals surface area contributed by atoms with Gasteiger partial charge in [-0.2, -0.15) is 11.8 Å². The molecule has 0 amide bonds. The van der Waals surface area contributed by atoms with E-state index in [4.69, 9.17) is 0 Å². The topological polar surface area (TPSA) is 0 Å². The zero-order valence-electron chi connectivity index (χ0n) is 6.90. The monoisotopic (exact) mass is 224 g/mol. The largest absolute Gasteiger partial charge is 0.162 e. The summed E-state index contributed by atoms with van der Waals surface area (Å²) in [6.45, 7) is 4.45. The maximum absolute atomic E-state index is 3.62. The van der Waals surface area contributed by atoms with Crippen LogP contribution in [0.3, 0.4) is 0 Å². The van der Waals surface area contributed by atoms with Crippen LogP contribution in [0, 0.1) is 0 Å². The summed E-state index contributed by atoms with van der Waals surface area (Å²) < 4.78 is 0. The molecule has 0 aliphatic carbocycles. The van der Waals surface area contributed by atoms with E-state index in [0.29, 0.717) is 0 Å². The molecule has 62 valence electrons. The van der Waals surface area contributed by atoms with E-state index in [1.807, 2.05) is 11.8 Å². The molecule has 1 unspecified atom stereocenters. The van der Waals surface area contributed by atoms with Gasteiger partial charge in [0.1, 0.15) is 0 Å². The molecule has 0 fully saturated rings. The van der Waals surface area contributed by atoms with Crippen LogP contribution in [0.4, 0.5) is 0 Å². The van der Waals surface area contributed by atoms with E-state index in [9.17, 15) is 0 Å². The van der Waals surface area contributed by atoms with E-state index >= 15 is 0 Å². The highest BCUT2D eigenvalue weighted by atomic mass is 79.9. The van der Waals surface area contributed by atoms with Crippen LogP contribution in [0.2, 0.25) is 0 Å². The number of alkyl halides is 1. The van der Waals surface area contributed by atoms with Crippen LogP contribution in [0.1, 0.15) is 33.1 Å². The average molecular weight is 225 g/mol. The molecular weight excluding hydrogens is 208 g/mol. The summed E-state index contributed by atoms with van der Waals surface area (Å²) in [4.78, 5) is 0.755. The van der Waals surface area contributed by atoms with E-state index in [2.05, 4.69) is 29.8 Å². The molecule has 0 N–H and O–H groups in total. The van der Waals surface area contributed by atoms with Crippen molar-refractivity contribution in [2.24, 2.45) is 0 Å². The van der Waals surface area contributed by atoms with Gasteiger partial charge in [0, 0.05) is 4.83 Å². The molecule has 1 atom stereocenters. The molecule has 0 rings (SSSR count). The quantitative estimate of drug-likeness (QED) is 0.490. The van der Waals surface area contributed by atoms with Crippen LogP contribution < -0.4 is 0 Å². The Balaban J connectivity index is 2.89. The van der Waals surface area contributed by atoms with E-state index in [-0.39, 0.29) is 0 Å². The van der Waals surface area contributed by atoms with Crippen LogP contribution in [0.5, 0.6) is 0 Å². The summed E-state index contributed by atoms with van der Waals surface area (Å²) in [6, 6.07) is 0. The van der Waals surface area contributed by atoms with Gasteiger partial charge in [-0.1, -0.05) is 29.8 Å². The van der Waals surface area contributed by atoms with Crippen molar-refractivity contribution in [3.05, 3.63) is 0 Å². The Hall–Kier alpha value is 0.830. The standard InChI is InChI=1S/C8H17BrS/c1-3-8(9)6-5-7-10-4-2/h8H,3-7H2,1-2H3. The highest BCUT2D eigenvalue weighted by molar-refractivity contribution is 9.09. The third-order valence-electron chi connectivity index (χ3n) is 1.45. The van der Waals surface area contributed by atoms with Gasteiger partial charge in [0.2, 0.25) is 0 Å². The minimum absolute atomic E-state index is 0.755. The molecule has 2 heteroatoms. The molecule has 0 aliphatic heterocycles. The van der Waals surface area contributed by atoms with E-state index in [1.54, 1.807) is 0 Å². The maximum atomic E-state index is 3.62. The van der Waals surface area contributed by atoms with Crippen molar-refractivity contribution in [3.63, 3.8) is 0 Å². The van der Waals surface area contributed by atoms with Crippen molar-refractivity contribution in [2.45, 2.75) is 37.9 Å². The summed E-state index contributed by atoms with van der Waals surface area (Å²) in [5.74, 6) is 2.59. The van der Waals surface area contributed by atoms with Crippen molar-refractivity contribution >= 4 is 27.7 Å². The number of hydrogen-bond donors (Lipinski definition) is 0. The fourth-order valence-electron chi connectivity index (χ4n) is 0.755. The molecule has 0 bridgehead atoms. The number of rotatable bonds is 6. The van der Waals surface area contributed by atoms with Crippen molar-refractivity contribution in [2.75, 3.05) is 11.5 Å². The highest BCUT2D eigenvalue weighted by Crippen LogP contribution is 2.13. The third-order valence-corrected chi connectivity index (χ3v) is 3.54. The first kappa shape index (κ1) is 10.8. The zero-order valence-corrected chi connectivity index (χ0v) is 9.30. The summed E-state index contributed by atoms with van der Waals surface area (Å²) in [7, 11) is 0. The first-order valence-electron chi connectivity index (χ1n) is 4.03. The second kappa shape index (κ2) is 7.93. The molecule has 0 aromatic rings. The zero-order chi connectivity index (χ0) is 7.82. The first-order chi connectivity index (χ1) is 4.81. The molecule has 0 saturated heterocycles. The van der Waals surface area contributed by atoms with Crippen molar-refractivity contribution in [3.8, 4) is 0 Å². The Bertz CT molecular complexity index is 66.3. The molecular formula is C8H17BrS. The van der Waals surface area contributed by atoms with E-state index in [0.717, 1.165) is 4.83 Å². The normalized spacial score (nSPS) is 13.5. The Morgan fingerprint density at radius 1 is 1.40 bits per heavy atom. The molecule has 0 aromatic heterocycles. The van der Waals surface area contributed by atoms with Crippen molar-refractivity contribution in [1.29, 1.82) is 0 Å². The van der Waals surface area contributed by atoms with Gasteiger partial charge in [0.25, 0.3) is 0 Å². The summed E-state index contributed by atoms with van der Waals surface area (Å²) in [6.07, 6.45) is 3.96. The Morgan fingerprint density at radius 2 is 2.10 bits per heavy atom. The van der Waals surface area contributed by atoms with Crippen LogP contribution in [0.25, 0.3) is 0 Å². The minimum Gasteiger partial charge on any atom is -0.162 e. The summed E-state index contributed by atoms with van der Waals surface area (Å²) in [5, 5.41) is 0. The van der Waals surface area contributed by atoms with Gasteiger partial charge in [-0.05, 0) is 30.8 Å². The molecule has 0 saturated carbocycles. The lowest BCUT2D eigenvalue weighted by atomic mass is 10.2. The SMILES string of the molecule is CCSCCCC(Br)CC. The van der Waals surface area contributed by atoms with Gasteiger partial charge in [-0.25, -0.2) is 0 Å². The lowest BCUT2D eigenvalue weighted by Gasteiger charge is -2.04.